The minimum Gasteiger partial charge on any atom is -0.393 e. The minimum absolute atomic E-state index is 0.0899. The SMILES string of the molecule is CCC(=O)c1ccc(N(C)CC2CC(O)C2)cc1. The Hall–Kier alpha value is -1.35. The van der Waals surface area contributed by atoms with Crippen molar-refractivity contribution in [2.24, 2.45) is 5.92 Å². The van der Waals surface area contributed by atoms with Crippen LogP contribution in [0.25, 0.3) is 0 Å². The smallest absolute Gasteiger partial charge is 0.162 e. The van der Waals surface area contributed by atoms with Crippen LogP contribution in [0.3, 0.4) is 0 Å². The quantitative estimate of drug-likeness (QED) is 0.813. The van der Waals surface area contributed by atoms with Gasteiger partial charge in [0.15, 0.2) is 5.78 Å². The average Bonchev–Trinajstić information content (AvgIpc) is 2.36. The van der Waals surface area contributed by atoms with Gasteiger partial charge in [-0.15, -0.1) is 0 Å². The van der Waals surface area contributed by atoms with Crippen molar-refractivity contribution in [2.45, 2.75) is 32.3 Å². The molecule has 0 aromatic heterocycles. The van der Waals surface area contributed by atoms with Gasteiger partial charge in [-0.25, -0.2) is 0 Å². The van der Waals surface area contributed by atoms with Crippen molar-refractivity contribution in [1.82, 2.24) is 0 Å². The highest BCUT2D eigenvalue weighted by molar-refractivity contribution is 5.96. The van der Waals surface area contributed by atoms with Crippen LogP contribution < -0.4 is 4.90 Å². The molecule has 1 fully saturated rings. The average molecular weight is 247 g/mol. The number of Topliss-reactive ketones (excluding diaryl/α,β-unsaturated/α-hetero) is 1. The van der Waals surface area contributed by atoms with E-state index in [1.165, 1.54) is 0 Å². The number of aliphatic hydroxyl groups excluding tert-OH is 1. The monoisotopic (exact) mass is 247 g/mol. The molecule has 0 unspecified atom stereocenters. The highest BCUT2D eigenvalue weighted by Crippen LogP contribution is 2.29. The molecular formula is C15H21NO2. The van der Waals surface area contributed by atoms with E-state index in [1.54, 1.807) is 0 Å². The zero-order valence-electron chi connectivity index (χ0n) is 11.1. The van der Waals surface area contributed by atoms with Crippen molar-refractivity contribution in [3.63, 3.8) is 0 Å². The summed E-state index contributed by atoms with van der Waals surface area (Å²) >= 11 is 0. The maximum Gasteiger partial charge on any atom is 0.162 e. The zero-order chi connectivity index (χ0) is 13.1. The van der Waals surface area contributed by atoms with Crippen LogP contribution in [-0.2, 0) is 0 Å². The van der Waals surface area contributed by atoms with Gasteiger partial charge in [0.1, 0.15) is 0 Å². The Balaban J connectivity index is 1.94. The van der Waals surface area contributed by atoms with E-state index in [1.807, 2.05) is 31.2 Å². The van der Waals surface area contributed by atoms with Crippen LogP contribution in [-0.4, -0.2) is 30.6 Å². The topological polar surface area (TPSA) is 40.5 Å². The summed E-state index contributed by atoms with van der Waals surface area (Å²) in [5, 5.41) is 9.27. The summed E-state index contributed by atoms with van der Waals surface area (Å²) in [5.41, 5.74) is 1.91. The van der Waals surface area contributed by atoms with E-state index in [2.05, 4.69) is 11.9 Å². The van der Waals surface area contributed by atoms with Gasteiger partial charge in [-0.3, -0.25) is 4.79 Å². The molecular weight excluding hydrogens is 226 g/mol. The van der Waals surface area contributed by atoms with Crippen LogP contribution >= 0.6 is 0 Å². The maximum atomic E-state index is 11.5. The third kappa shape index (κ3) is 2.91. The molecule has 18 heavy (non-hydrogen) atoms. The van der Waals surface area contributed by atoms with Gasteiger partial charge < -0.3 is 10.0 Å². The third-order valence-corrected chi connectivity index (χ3v) is 3.69. The fourth-order valence-corrected chi connectivity index (χ4v) is 2.45. The van der Waals surface area contributed by atoms with Gasteiger partial charge in [0.25, 0.3) is 0 Å². The van der Waals surface area contributed by atoms with E-state index < -0.39 is 0 Å². The number of nitrogens with zero attached hydrogens (tertiary/aromatic N) is 1. The molecule has 1 saturated carbocycles. The van der Waals surface area contributed by atoms with Crippen molar-refractivity contribution in [1.29, 1.82) is 0 Å². The standard InChI is InChI=1S/C15H21NO2/c1-3-15(18)12-4-6-13(7-5-12)16(2)10-11-8-14(17)9-11/h4-7,11,14,17H,3,8-10H2,1-2H3. The van der Waals surface area contributed by atoms with Crippen LogP contribution in [0.1, 0.15) is 36.5 Å². The maximum absolute atomic E-state index is 11.5. The number of carbonyl (C=O) groups excluding carboxylic acids is 1. The third-order valence-electron chi connectivity index (χ3n) is 3.69. The van der Waals surface area contributed by atoms with Crippen molar-refractivity contribution >= 4 is 11.5 Å². The second-order valence-electron chi connectivity index (χ2n) is 5.20. The molecule has 98 valence electrons. The predicted molar refractivity (Wildman–Crippen MR) is 73.1 cm³/mol. The molecule has 1 aromatic rings. The molecule has 1 N–H and O–H groups in total. The Kier molecular flexibility index (Phi) is 4.02. The molecule has 0 bridgehead atoms. The summed E-state index contributed by atoms with van der Waals surface area (Å²) in [6.07, 6.45) is 2.29. The summed E-state index contributed by atoms with van der Waals surface area (Å²) in [6.45, 7) is 2.85. The molecule has 0 saturated heterocycles. The number of hydrogen-bond donors (Lipinski definition) is 1. The van der Waals surface area contributed by atoms with Crippen molar-refractivity contribution in [2.75, 3.05) is 18.5 Å². The number of ketones is 1. The Labute approximate surface area is 108 Å². The van der Waals surface area contributed by atoms with Crippen molar-refractivity contribution in [3.8, 4) is 0 Å². The van der Waals surface area contributed by atoms with Gasteiger partial charge in [-0.2, -0.15) is 0 Å². The first-order valence-corrected chi connectivity index (χ1v) is 6.62. The highest BCUT2D eigenvalue weighted by atomic mass is 16.3. The van der Waals surface area contributed by atoms with Crippen molar-refractivity contribution < 1.29 is 9.90 Å². The number of aliphatic hydroxyl groups is 1. The van der Waals surface area contributed by atoms with Crippen LogP contribution in [0.4, 0.5) is 5.69 Å². The van der Waals surface area contributed by atoms with Gasteiger partial charge in [-0.05, 0) is 43.0 Å². The number of hydrogen-bond acceptors (Lipinski definition) is 3. The lowest BCUT2D eigenvalue weighted by Gasteiger charge is -2.35. The molecule has 2 rings (SSSR count). The van der Waals surface area contributed by atoms with E-state index in [4.69, 9.17) is 0 Å². The lowest BCUT2D eigenvalue weighted by Crippen LogP contribution is -2.37. The first-order valence-electron chi connectivity index (χ1n) is 6.62. The summed E-state index contributed by atoms with van der Waals surface area (Å²) < 4.78 is 0. The molecule has 0 amide bonds. The van der Waals surface area contributed by atoms with Crippen LogP contribution in [0.2, 0.25) is 0 Å². The van der Waals surface area contributed by atoms with E-state index >= 15 is 0 Å². The molecule has 1 aliphatic carbocycles. The first-order chi connectivity index (χ1) is 8.60. The van der Waals surface area contributed by atoms with E-state index in [0.717, 1.165) is 30.6 Å². The Morgan fingerprint density at radius 3 is 2.44 bits per heavy atom. The van der Waals surface area contributed by atoms with Crippen LogP contribution in [0, 0.1) is 5.92 Å². The van der Waals surface area contributed by atoms with E-state index in [0.29, 0.717) is 12.3 Å². The van der Waals surface area contributed by atoms with Gasteiger partial charge in [-0.1, -0.05) is 6.92 Å². The largest absolute Gasteiger partial charge is 0.393 e. The van der Waals surface area contributed by atoms with E-state index in [-0.39, 0.29) is 11.9 Å². The zero-order valence-corrected chi connectivity index (χ0v) is 11.1. The molecule has 0 atom stereocenters. The number of anilines is 1. The summed E-state index contributed by atoms with van der Waals surface area (Å²) in [5.74, 6) is 0.785. The molecule has 0 aliphatic heterocycles. The van der Waals surface area contributed by atoms with Crippen LogP contribution in [0.5, 0.6) is 0 Å². The summed E-state index contributed by atoms with van der Waals surface area (Å²) in [4.78, 5) is 13.7. The molecule has 0 spiro atoms. The highest BCUT2D eigenvalue weighted by Gasteiger charge is 2.27. The number of rotatable bonds is 5. The Morgan fingerprint density at radius 2 is 1.94 bits per heavy atom. The van der Waals surface area contributed by atoms with E-state index in [9.17, 15) is 9.90 Å². The van der Waals surface area contributed by atoms with Crippen molar-refractivity contribution in [3.05, 3.63) is 29.8 Å². The second-order valence-corrected chi connectivity index (χ2v) is 5.20. The van der Waals surface area contributed by atoms with Gasteiger partial charge in [0.05, 0.1) is 6.10 Å². The van der Waals surface area contributed by atoms with Crippen LogP contribution in [0.15, 0.2) is 24.3 Å². The molecule has 0 radical (unpaired) electrons. The molecule has 1 aromatic carbocycles. The molecule has 1 aliphatic rings. The second kappa shape index (κ2) is 5.53. The number of carbonyl (C=O) groups is 1. The minimum atomic E-state index is -0.0899. The Morgan fingerprint density at radius 1 is 1.33 bits per heavy atom. The van der Waals surface area contributed by atoms with Gasteiger partial charge in [0, 0.05) is 31.3 Å². The fourth-order valence-electron chi connectivity index (χ4n) is 2.45. The number of benzene rings is 1. The van der Waals surface area contributed by atoms with Gasteiger partial charge in [0.2, 0.25) is 0 Å². The fraction of sp³-hybridized carbons (Fsp3) is 0.533. The molecule has 3 heteroatoms. The van der Waals surface area contributed by atoms with Gasteiger partial charge >= 0.3 is 0 Å². The normalized spacial score (nSPS) is 22.4. The predicted octanol–water partition coefficient (Wildman–Crippen LogP) is 2.49. The lowest BCUT2D eigenvalue weighted by atomic mass is 9.82. The first kappa shape index (κ1) is 13.1. The summed E-state index contributed by atoms with van der Waals surface area (Å²) in [6, 6.07) is 7.79. The molecule has 0 heterocycles. The Bertz CT molecular complexity index is 407. The lowest BCUT2D eigenvalue weighted by molar-refractivity contribution is 0.0465. The summed E-state index contributed by atoms with van der Waals surface area (Å²) in [7, 11) is 2.06. The molecule has 3 nitrogen and oxygen atoms in total.